The fourth-order valence-corrected chi connectivity index (χ4v) is 2.25. The van der Waals surface area contributed by atoms with Crippen LogP contribution in [-0.2, 0) is 0 Å². The van der Waals surface area contributed by atoms with Crippen LogP contribution in [0.1, 0.15) is 30.6 Å². The number of carbonyl (C=O) groups is 1. The summed E-state index contributed by atoms with van der Waals surface area (Å²) in [6.45, 7) is 4.64. The summed E-state index contributed by atoms with van der Waals surface area (Å²) in [4.78, 5) is 14.1. The summed E-state index contributed by atoms with van der Waals surface area (Å²) in [6, 6.07) is 4.48. The molecule has 18 heavy (non-hydrogen) atoms. The summed E-state index contributed by atoms with van der Waals surface area (Å²) < 4.78 is 13.5. The Labute approximate surface area is 124 Å². The van der Waals surface area contributed by atoms with Crippen molar-refractivity contribution in [1.29, 1.82) is 0 Å². The molecule has 0 aliphatic rings. The van der Waals surface area contributed by atoms with Crippen molar-refractivity contribution < 1.29 is 9.18 Å². The van der Waals surface area contributed by atoms with Crippen molar-refractivity contribution in [1.82, 2.24) is 4.90 Å². The van der Waals surface area contributed by atoms with Crippen molar-refractivity contribution in [2.75, 3.05) is 11.9 Å². The van der Waals surface area contributed by atoms with Crippen LogP contribution in [-0.4, -0.2) is 28.7 Å². The molecular formula is C13H16Br2FNO. The maximum absolute atomic E-state index is 13.1. The largest absolute Gasteiger partial charge is 0.336 e. The van der Waals surface area contributed by atoms with E-state index in [9.17, 15) is 9.18 Å². The van der Waals surface area contributed by atoms with Gasteiger partial charge in [-0.1, -0.05) is 15.9 Å². The second kappa shape index (κ2) is 7.24. The van der Waals surface area contributed by atoms with Crippen molar-refractivity contribution >= 4 is 37.8 Å². The van der Waals surface area contributed by atoms with Gasteiger partial charge in [0.15, 0.2) is 0 Å². The minimum atomic E-state index is -0.358. The van der Waals surface area contributed by atoms with Crippen LogP contribution in [0.15, 0.2) is 22.7 Å². The summed E-state index contributed by atoms with van der Waals surface area (Å²) in [5, 5.41) is 0.858. The SMILES string of the molecule is CC(C)N(CCCBr)C(=O)c1ccc(F)c(Br)c1. The third kappa shape index (κ3) is 4.05. The number of carbonyl (C=O) groups excluding carboxylic acids is 1. The summed E-state index contributed by atoms with van der Waals surface area (Å²) >= 11 is 6.46. The Bertz CT molecular complexity index is 423. The van der Waals surface area contributed by atoms with Gasteiger partial charge in [0.2, 0.25) is 0 Å². The molecule has 1 aromatic rings. The molecule has 100 valence electrons. The highest BCUT2D eigenvalue weighted by molar-refractivity contribution is 9.10. The molecule has 0 fully saturated rings. The number of hydrogen-bond donors (Lipinski definition) is 0. The van der Waals surface area contributed by atoms with Crippen LogP contribution in [0.3, 0.4) is 0 Å². The van der Waals surface area contributed by atoms with E-state index in [1.165, 1.54) is 18.2 Å². The van der Waals surface area contributed by atoms with Crippen LogP contribution < -0.4 is 0 Å². The Morgan fingerprint density at radius 2 is 2.11 bits per heavy atom. The quantitative estimate of drug-likeness (QED) is 0.700. The van der Waals surface area contributed by atoms with E-state index in [1.807, 2.05) is 13.8 Å². The molecule has 2 nitrogen and oxygen atoms in total. The molecule has 0 aliphatic carbocycles. The second-order valence-corrected chi connectivity index (χ2v) is 5.91. The van der Waals surface area contributed by atoms with Gasteiger partial charge in [-0.25, -0.2) is 4.39 Å². The molecule has 0 spiro atoms. The Morgan fingerprint density at radius 1 is 1.44 bits per heavy atom. The van der Waals surface area contributed by atoms with E-state index < -0.39 is 0 Å². The van der Waals surface area contributed by atoms with E-state index in [0.29, 0.717) is 16.6 Å². The minimum absolute atomic E-state index is 0.0633. The molecule has 0 saturated heterocycles. The summed E-state index contributed by atoms with van der Waals surface area (Å²) in [7, 11) is 0. The van der Waals surface area contributed by atoms with Gasteiger partial charge in [0.05, 0.1) is 4.47 Å². The van der Waals surface area contributed by atoms with Gasteiger partial charge in [0.25, 0.3) is 5.91 Å². The predicted octanol–water partition coefficient (Wildman–Crippen LogP) is 4.22. The average Bonchev–Trinajstić information content (AvgIpc) is 2.32. The number of hydrogen-bond acceptors (Lipinski definition) is 1. The lowest BCUT2D eigenvalue weighted by molar-refractivity contribution is 0.0706. The molecular weight excluding hydrogens is 365 g/mol. The molecule has 0 aromatic heterocycles. The first kappa shape index (κ1) is 15.6. The van der Waals surface area contributed by atoms with Gasteiger partial charge < -0.3 is 4.90 Å². The zero-order chi connectivity index (χ0) is 13.7. The first-order valence-corrected chi connectivity index (χ1v) is 7.70. The van der Waals surface area contributed by atoms with Gasteiger partial charge in [-0.2, -0.15) is 0 Å². The predicted molar refractivity (Wildman–Crippen MR) is 78.7 cm³/mol. The molecule has 1 aromatic carbocycles. The highest BCUT2D eigenvalue weighted by Gasteiger charge is 2.18. The van der Waals surface area contributed by atoms with Crippen molar-refractivity contribution in [3.05, 3.63) is 34.1 Å². The van der Waals surface area contributed by atoms with Crippen LogP contribution in [0.4, 0.5) is 4.39 Å². The molecule has 0 unspecified atom stereocenters. The fraction of sp³-hybridized carbons (Fsp3) is 0.462. The molecule has 0 saturated carbocycles. The third-order valence-electron chi connectivity index (χ3n) is 2.58. The van der Waals surface area contributed by atoms with Crippen molar-refractivity contribution in [2.24, 2.45) is 0 Å². The molecule has 0 bridgehead atoms. The molecule has 0 N–H and O–H groups in total. The Hall–Kier alpha value is -0.420. The van der Waals surface area contributed by atoms with E-state index in [1.54, 1.807) is 4.90 Å². The molecule has 5 heteroatoms. The topological polar surface area (TPSA) is 20.3 Å². The highest BCUT2D eigenvalue weighted by Crippen LogP contribution is 2.19. The van der Waals surface area contributed by atoms with Gasteiger partial charge in [0.1, 0.15) is 5.82 Å². The molecule has 0 atom stereocenters. The number of halogens is 3. The maximum Gasteiger partial charge on any atom is 0.254 e. The standard InChI is InChI=1S/C13H16Br2FNO/c1-9(2)17(7-3-6-14)13(18)10-4-5-12(16)11(15)8-10/h4-5,8-9H,3,6-7H2,1-2H3. The average molecular weight is 381 g/mol. The summed E-state index contributed by atoms with van der Waals surface area (Å²) in [6.07, 6.45) is 0.895. The number of rotatable bonds is 5. The van der Waals surface area contributed by atoms with E-state index in [-0.39, 0.29) is 17.8 Å². The van der Waals surface area contributed by atoms with Crippen molar-refractivity contribution in [3.8, 4) is 0 Å². The molecule has 0 radical (unpaired) electrons. The van der Waals surface area contributed by atoms with Gasteiger partial charge in [-0.05, 0) is 54.4 Å². The fourth-order valence-electron chi connectivity index (χ4n) is 1.62. The maximum atomic E-state index is 13.1. The molecule has 1 rings (SSSR count). The zero-order valence-electron chi connectivity index (χ0n) is 10.4. The number of alkyl halides is 1. The highest BCUT2D eigenvalue weighted by atomic mass is 79.9. The Balaban J connectivity index is 2.91. The van der Waals surface area contributed by atoms with E-state index in [0.717, 1.165) is 11.8 Å². The number of nitrogens with zero attached hydrogens (tertiary/aromatic N) is 1. The van der Waals surface area contributed by atoms with Crippen LogP contribution in [0, 0.1) is 5.82 Å². The molecule has 1 amide bonds. The van der Waals surface area contributed by atoms with Crippen molar-refractivity contribution in [3.63, 3.8) is 0 Å². The smallest absolute Gasteiger partial charge is 0.254 e. The molecule has 0 heterocycles. The summed E-state index contributed by atoms with van der Waals surface area (Å²) in [5.74, 6) is -0.422. The van der Waals surface area contributed by atoms with Gasteiger partial charge in [-0.15, -0.1) is 0 Å². The lowest BCUT2D eigenvalue weighted by Gasteiger charge is -2.26. The number of benzene rings is 1. The summed E-state index contributed by atoms with van der Waals surface area (Å²) in [5.41, 5.74) is 0.506. The Morgan fingerprint density at radius 3 is 2.61 bits per heavy atom. The van der Waals surface area contributed by atoms with Crippen LogP contribution >= 0.6 is 31.9 Å². The van der Waals surface area contributed by atoms with Crippen LogP contribution in [0.5, 0.6) is 0 Å². The lowest BCUT2D eigenvalue weighted by Crippen LogP contribution is -2.37. The monoisotopic (exact) mass is 379 g/mol. The van der Waals surface area contributed by atoms with Crippen LogP contribution in [0.25, 0.3) is 0 Å². The number of amides is 1. The van der Waals surface area contributed by atoms with E-state index in [2.05, 4.69) is 31.9 Å². The van der Waals surface area contributed by atoms with Gasteiger partial charge >= 0.3 is 0 Å². The van der Waals surface area contributed by atoms with Gasteiger partial charge in [0, 0.05) is 23.5 Å². The first-order chi connectivity index (χ1) is 8.47. The first-order valence-electron chi connectivity index (χ1n) is 5.79. The lowest BCUT2D eigenvalue weighted by atomic mass is 10.1. The molecule has 0 aliphatic heterocycles. The van der Waals surface area contributed by atoms with E-state index in [4.69, 9.17) is 0 Å². The second-order valence-electron chi connectivity index (χ2n) is 4.26. The normalized spacial score (nSPS) is 10.8. The third-order valence-corrected chi connectivity index (χ3v) is 3.75. The van der Waals surface area contributed by atoms with E-state index >= 15 is 0 Å². The van der Waals surface area contributed by atoms with Crippen molar-refractivity contribution in [2.45, 2.75) is 26.3 Å². The van der Waals surface area contributed by atoms with Gasteiger partial charge in [-0.3, -0.25) is 4.79 Å². The zero-order valence-corrected chi connectivity index (χ0v) is 13.6. The van der Waals surface area contributed by atoms with Crippen LogP contribution in [0.2, 0.25) is 0 Å². The Kier molecular flexibility index (Phi) is 6.29. The minimum Gasteiger partial charge on any atom is -0.336 e.